The third kappa shape index (κ3) is 4.67. The largest absolute Gasteiger partial charge is 0.352 e. The summed E-state index contributed by atoms with van der Waals surface area (Å²) >= 11 is 1.75. The molecule has 3 nitrogen and oxygen atoms in total. The standard InChI is InChI=1S/C15H28N2OS/c1-12(11-19-2)15(18)16-14-7-8-17(10-14)9-13-5-3-4-6-13/h12-14H,3-11H2,1-2H3,(H,16,18)/t12-,14+/m1/s1. The van der Waals surface area contributed by atoms with Gasteiger partial charge in [-0.25, -0.2) is 0 Å². The Morgan fingerprint density at radius 2 is 2.11 bits per heavy atom. The number of hydrogen-bond donors (Lipinski definition) is 1. The molecule has 0 spiro atoms. The summed E-state index contributed by atoms with van der Waals surface area (Å²) in [5, 5.41) is 3.22. The van der Waals surface area contributed by atoms with Crippen molar-refractivity contribution in [1.29, 1.82) is 0 Å². The maximum Gasteiger partial charge on any atom is 0.223 e. The summed E-state index contributed by atoms with van der Waals surface area (Å²) < 4.78 is 0. The fourth-order valence-corrected chi connectivity index (χ4v) is 3.99. The summed E-state index contributed by atoms with van der Waals surface area (Å²) in [4.78, 5) is 14.6. The molecule has 1 saturated carbocycles. The molecule has 1 N–H and O–H groups in total. The molecule has 0 bridgehead atoms. The van der Waals surface area contributed by atoms with Crippen LogP contribution in [0.2, 0.25) is 0 Å². The van der Waals surface area contributed by atoms with Crippen LogP contribution in [0.3, 0.4) is 0 Å². The van der Waals surface area contributed by atoms with E-state index in [1.165, 1.54) is 38.8 Å². The van der Waals surface area contributed by atoms with E-state index >= 15 is 0 Å². The van der Waals surface area contributed by atoms with Gasteiger partial charge in [0.1, 0.15) is 0 Å². The molecule has 19 heavy (non-hydrogen) atoms. The van der Waals surface area contributed by atoms with Crippen LogP contribution in [0.4, 0.5) is 0 Å². The van der Waals surface area contributed by atoms with Crippen molar-refractivity contribution in [3.8, 4) is 0 Å². The number of nitrogens with zero attached hydrogens (tertiary/aromatic N) is 1. The Morgan fingerprint density at radius 3 is 2.79 bits per heavy atom. The van der Waals surface area contributed by atoms with Gasteiger partial charge in [-0.2, -0.15) is 11.8 Å². The van der Waals surface area contributed by atoms with E-state index in [2.05, 4.69) is 16.5 Å². The zero-order valence-corrected chi connectivity index (χ0v) is 13.2. The highest BCUT2D eigenvalue weighted by Crippen LogP contribution is 2.26. The first-order valence-corrected chi connectivity index (χ1v) is 9.10. The van der Waals surface area contributed by atoms with Crippen molar-refractivity contribution in [3.05, 3.63) is 0 Å². The smallest absolute Gasteiger partial charge is 0.223 e. The van der Waals surface area contributed by atoms with Crippen LogP contribution in [-0.4, -0.2) is 48.5 Å². The van der Waals surface area contributed by atoms with Gasteiger partial charge in [0.25, 0.3) is 0 Å². The minimum Gasteiger partial charge on any atom is -0.352 e. The molecule has 0 aromatic rings. The molecule has 1 aliphatic heterocycles. The lowest BCUT2D eigenvalue weighted by atomic mass is 10.1. The van der Waals surface area contributed by atoms with E-state index in [9.17, 15) is 4.79 Å². The molecule has 4 heteroatoms. The van der Waals surface area contributed by atoms with E-state index < -0.39 is 0 Å². The zero-order chi connectivity index (χ0) is 13.7. The van der Waals surface area contributed by atoms with Crippen molar-refractivity contribution in [3.63, 3.8) is 0 Å². The zero-order valence-electron chi connectivity index (χ0n) is 12.4. The van der Waals surface area contributed by atoms with Gasteiger partial charge >= 0.3 is 0 Å². The van der Waals surface area contributed by atoms with Gasteiger partial charge in [0.05, 0.1) is 0 Å². The van der Waals surface area contributed by atoms with Crippen LogP contribution in [0.1, 0.15) is 39.0 Å². The summed E-state index contributed by atoms with van der Waals surface area (Å²) in [6.07, 6.45) is 8.86. The van der Waals surface area contributed by atoms with Crippen molar-refractivity contribution in [2.24, 2.45) is 11.8 Å². The highest BCUT2D eigenvalue weighted by atomic mass is 32.2. The fourth-order valence-electron chi connectivity index (χ4n) is 3.34. The minimum absolute atomic E-state index is 0.138. The minimum atomic E-state index is 0.138. The Labute approximate surface area is 121 Å². The number of likely N-dealkylation sites (tertiary alicyclic amines) is 1. The van der Waals surface area contributed by atoms with E-state index in [1.54, 1.807) is 11.8 Å². The van der Waals surface area contributed by atoms with Crippen LogP contribution in [0.25, 0.3) is 0 Å². The molecule has 0 aromatic carbocycles. The Bertz CT molecular complexity index is 292. The van der Waals surface area contributed by atoms with Crippen LogP contribution >= 0.6 is 11.8 Å². The topological polar surface area (TPSA) is 32.3 Å². The Kier molecular flexibility index (Phi) is 6.02. The number of hydrogen-bond acceptors (Lipinski definition) is 3. The molecular weight excluding hydrogens is 256 g/mol. The molecule has 1 saturated heterocycles. The van der Waals surface area contributed by atoms with Crippen molar-refractivity contribution in [2.75, 3.05) is 31.6 Å². The second-order valence-electron chi connectivity index (χ2n) is 6.26. The molecule has 2 fully saturated rings. The van der Waals surface area contributed by atoms with Crippen LogP contribution in [0.5, 0.6) is 0 Å². The highest BCUT2D eigenvalue weighted by molar-refractivity contribution is 7.98. The predicted octanol–water partition coefficient (Wildman–Crippen LogP) is 2.37. The molecule has 2 rings (SSSR count). The molecule has 1 amide bonds. The second-order valence-corrected chi connectivity index (χ2v) is 7.17. The molecule has 0 aromatic heterocycles. The molecular formula is C15H28N2OS. The van der Waals surface area contributed by atoms with Gasteiger partial charge in [-0.05, 0) is 31.4 Å². The fraction of sp³-hybridized carbons (Fsp3) is 0.933. The van der Waals surface area contributed by atoms with E-state index in [4.69, 9.17) is 0 Å². The first-order valence-electron chi connectivity index (χ1n) is 7.70. The normalized spacial score (nSPS) is 26.7. The van der Waals surface area contributed by atoms with Gasteiger partial charge in [0.15, 0.2) is 0 Å². The number of nitrogens with one attached hydrogen (secondary N) is 1. The number of rotatable bonds is 6. The summed E-state index contributed by atoms with van der Waals surface area (Å²) in [5.41, 5.74) is 0. The first-order chi connectivity index (χ1) is 9.19. The van der Waals surface area contributed by atoms with Gasteiger partial charge in [-0.15, -0.1) is 0 Å². The molecule has 110 valence electrons. The summed E-state index contributed by atoms with van der Waals surface area (Å²) in [6, 6.07) is 0.387. The molecule has 1 aliphatic carbocycles. The molecule has 2 aliphatic rings. The summed E-state index contributed by atoms with van der Waals surface area (Å²) in [7, 11) is 0. The summed E-state index contributed by atoms with van der Waals surface area (Å²) in [6.45, 7) is 5.51. The average Bonchev–Trinajstić information content (AvgIpc) is 3.02. The SMILES string of the molecule is CSC[C@@H](C)C(=O)N[C@H]1CCN(CC2CCCC2)C1. The molecule has 0 unspecified atom stereocenters. The van der Waals surface area contributed by atoms with Gasteiger partial charge in [0, 0.05) is 37.3 Å². The van der Waals surface area contributed by atoms with Gasteiger partial charge < -0.3 is 10.2 Å². The second kappa shape index (κ2) is 7.53. The van der Waals surface area contributed by atoms with Gasteiger partial charge in [-0.1, -0.05) is 19.8 Å². The van der Waals surface area contributed by atoms with Crippen molar-refractivity contribution in [2.45, 2.75) is 45.1 Å². The highest BCUT2D eigenvalue weighted by Gasteiger charge is 2.27. The van der Waals surface area contributed by atoms with Crippen molar-refractivity contribution < 1.29 is 4.79 Å². The predicted molar refractivity (Wildman–Crippen MR) is 82.5 cm³/mol. The summed E-state index contributed by atoms with van der Waals surface area (Å²) in [5.74, 6) is 2.22. The van der Waals surface area contributed by atoms with E-state index in [0.29, 0.717) is 6.04 Å². The molecule has 2 atom stereocenters. The lowest BCUT2D eigenvalue weighted by Crippen LogP contribution is -2.40. The Morgan fingerprint density at radius 1 is 1.37 bits per heavy atom. The number of thioether (sulfide) groups is 1. The number of amides is 1. The van der Waals surface area contributed by atoms with Crippen molar-refractivity contribution in [1.82, 2.24) is 10.2 Å². The van der Waals surface area contributed by atoms with Crippen LogP contribution in [0, 0.1) is 11.8 Å². The quantitative estimate of drug-likeness (QED) is 0.813. The third-order valence-electron chi connectivity index (χ3n) is 4.47. The maximum atomic E-state index is 12.0. The Balaban J connectivity index is 1.68. The third-order valence-corrected chi connectivity index (χ3v) is 5.31. The molecule has 0 radical (unpaired) electrons. The maximum absolute atomic E-state index is 12.0. The van der Waals surface area contributed by atoms with E-state index in [0.717, 1.165) is 24.6 Å². The van der Waals surface area contributed by atoms with Crippen LogP contribution in [-0.2, 0) is 4.79 Å². The van der Waals surface area contributed by atoms with Gasteiger partial charge in [-0.3, -0.25) is 4.79 Å². The Hall–Kier alpha value is -0.220. The lowest BCUT2D eigenvalue weighted by molar-refractivity contribution is -0.124. The van der Waals surface area contributed by atoms with Crippen molar-refractivity contribution >= 4 is 17.7 Å². The number of carbonyl (C=O) groups is 1. The van der Waals surface area contributed by atoms with E-state index in [1.807, 2.05) is 6.92 Å². The lowest BCUT2D eigenvalue weighted by Gasteiger charge is -2.21. The monoisotopic (exact) mass is 284 g/mol. The van der Waals surface area contributed by atoms with Gasteiger partial charge in [0.2, 0.25) is 5.91 Å². The first kappa shape index (κ1) is 15.2. The molecule has 1 heterocycles. The average molecular weight is 284 g/mol. The number of carbonyl (C=O) groups excluding carboxylic acids is 1. The van der Waals surface area contributed by atoms with E-state index in [-0.39, 0.29) is 11.8 Å². The van der Waals surface area contributed by atoms with Crippen LogP contribution < -0.4 is 5.32 Å². The van der Waals surface area contributed by atoms with Crippen LogP contribution in [0.15, 0.2) is 0 Å².